The molecule has 0 fully saturated rings. The predicted octanol–water partition coefficient (Wildman–Crippen LogP) is 2.90. The van der Waals surface area contributed by atoms with Gasteiger partial charge in [-0.15, -0.1) is 0 Å². The zero-order valence-electron chi connectivity index (χ0n) is 5.14. The van der Waals surface area contributed by atoms with Gasteiger partial charge in [0.1, 0.15) is 0 Å². The van der Waals surface area contributed by atoms with Crippen LogP contribution >= 0.6 is 0 Å². The van der Waals surface area contributed by atoms with Crippen molar-refractivity contribution in [2.75, 3.05) is 0 Å². The fourth-order valence-corrected chi connectivity index (χ4v) is 0.343. The average Bonchev–Trinajstić information content (AvgIpc) is 1.85. The standard InChI is InChI=1S/C7H8F2/c1-7(4-6-9)3-2-5-8/h2-6H,1H3/b5-2+,6-4+,7-3-. The molecule has 0 atom stereocenters. The summed E-state index contributed by atoms with van der Waals surface area (Å²) in [6.07, 6.45) is 4.74. The van der Waals surface area contributed by atoms with Gasteiger partial charge in [-0.1, -0.05) is 6.08 Å². The molecule has 0 aliphatic carbocycles. The fourth-order valence-electron chi connectivity index (χ4n) is 0.343. The van der Waals surface area contributed by atoms with Gasteiger partial charge < -0.3 is 0 Å². The Morgan fingerprint density at radius 2 is 1.89 bits per heavy atom. The van der Waals surface area contributed by atoms with Crippen LogP contribution in [0.25, 0.3) is 0 Å². The first-order valence-electron chi connectivity index (χ1n) is 2.51. The van der Waals surface area contributed by atoms with Crippen molar-refractivity contribution in [3.05, 3.63) is 36.5 Å². The molecule has 0 bridgehead atoms. The molecule has 0 rings (SSSR count). The highest BCUT2D eigenvalue weighted by Gasteiger charge is 1.74. The van der Waals surface area contributed by atoms with Crippen LogP contribution in [0.15, 0.2) is 36.5 Å². The van der Waals surface area contributed by atoms with Gasteiger partial charge >= 0.3 is 0 Å². The summed E-state index contributed by atoms with van der Waals surface area (Å²) in [4.78, 5) is 0. The molecule has 0 aromatic rings. The van der Waals surface area contributed by atoms with Gasteiger partial charge in [0, 0.05) is 0 Å². The van der Waals surface area contributed by atoms with Gasteiger partial charge in [-0.25, -0.2) is 8.78 Å². The molecular weight excluding hydrogens is 122 g/mol. The largest absolute Gasteiger partial charge is 0.216 e. The topological polar surface area (TPSA) is 0 Å². The van der Waals surface area contributed by atoms with Crippen molar-refractivity contribution in [2.45, 2.75) is 6.92 Å². The molecule has 0 nitrogen and oxygen atoms in total. The minimum atomic E-state index is 0.398. The van der Waals surface area contributed by atoms with E-state index in [0.717, 1.165) is 0 Å². The van der Waals surface area contributed by atoms with Gasteiger partial charge in [-0.05, 0) is 24.6 Å². The van der Waals surface area contributed by atoms with E-state index in [-0.39, 0.29) is 0 Å². The van der Waals surface area contributed by atoms with Crippen molar-refractivity contribution in [3.63, 3.8) is 0 Å². The molecule has 0 spiro atoms. The summed E-state index contributed by atoms with van der Waals surface area (Å²) in [5.74, 6) is 0. The lowest BCUT2D eigenvalue weighted by Gasteiger charge is -1.81. The predicted molar refractivity (Wildman–Crippen MR) is 34.3 cm³/mol. The van der Waals surface area contributed by atoms with Gasteiger partial charge in [-0.3, -0.25) is 0 Å². The molecule has 0 aromatic heterocycles. The average molecular weight is 130 g/mol. The zero-order chi connectivity index (χ0) is 7.11. The molecule has 0 unspecified atom stereocenters. The van der Waals surface area contributed by atoms with Crippen LogP contribution < -0.4 is 0 Å². The van der Waals surface area contributed by atoms with Gasteiger partial charge in [0.15, 0.2) is 0 Å². The summed E-state index contributed by atoms with van der Waals surface area (Å²) >= 11 is 0. The summed E-state index contributed by atoms with van der Waals surface area (Å²) in [6, 6.07) is 0. The van der Waals surface area contributed by atoms with Crippen LogP contribution in [0.5, 0.6) is 0 Å². The second kappa shape index (κ2) is 5.22. The summed E-state index contributed by atoms with van der Waals surface area (Å²) in [5, 5.41) is 0. The molecule has 0 heterocycles. The van der Waals surface area contributed by atoms with Crippen LogP contribution in [0.1, 0.15) is 6.92 Å². The number of rotatable bonds is 2. The minimum Gasteiger partial charge on any atom is -0.216 e. The zero-order valence-corrected chi connectivity index (χ0v) is 5.14. The molecule has 2 heteroatoms. The van der Waals surface area contributed by atoms with Crippen LogP contribution in [0.2, 0.25) is 0 Å². The lowest BCUT2D eigenvalue weighted by molar-refractivity contribution is 0.719. The third-order valence-corrected chi connectivity index (χ3v) is 0.758. The molecular formula is C7H8F2. The summed E-state index contributed by atoms with van der Waals surface area (Å²) in [6.45, 7) is 1.68. The Balaban J connectivity index is 3.84. The molecule has 0 saturated heterocycles. The van der Waals surface area contributed by atoms with Crippen molar-refractivity contribution >= 4 is 0 Å². The first-order valence-corrected chi connectivity index (χ1v) is 2.51. The maximum atomic E-state index is 11.3. The smallest absolute Gasteiger partial charge is 0.0869 e. The first-order chi connectivity index (χ1) is 4.31. The highest BCUT2D eigenvalue weighted by molar-refractivity contribution is 5.19. The SMILES string of the molecule is CC(=C/C=C/F)/C=C/F. The number of allylic oxidation sites excluding steroid dienone is 4. The van der Waals surface area contributed by atoms with Gasteiger partial charge in [0.25, 0.3) is 0 Å². The van der Waals surface area contributed by atoms with Crippen molar-refractivity contribution in [3.8, 4) is 0 Å². The molecule has 0 amide bonds. The van der Waals surface area contributed by atoms with Crippen molar-refractivity contribution < 1.29 is 8.78 Å². The molecule has 0 aliphatic rings. The molecule has 0 N–H and O–H groups in total. The highest BCUT2D eigenvalue weighted by Crippen LogP contribution is 1.94. The quantitative estimate of drug-likeness (QED) is 0.504. The molecule has 9 heavy (non-hydrogen) atoms. The van der Waals surface area contributed by atoms with Gasteiger partial charge in [0.2, 0.25) is 0 Å². The van der Waals surface area contributed by atoms with E-state index in [4.69, 9.17) is 0 Å². The third kappa shape index (κ3) is 4.94. The Labute approximate surface area is 53.2 Å². The van der Waals surface area contributed by atoms with Crippen LogP contribution in [-0.4, -0.2) is 0 Å². The number of halogens is 2. The van der Waals surface area contributed by atoms with E-state index in [2.05, 4.69) is 0 Å². The van der Waals surface area contributed by atoms with Crippen LogP contribution in [-0.2, 0) is 0 Å². The minimum absolute atomic E-state index is 0.398. The van der Waals surface area contributed by atoms with E-state index in [9.17, 15) is 8.78 Å². The molecule has 0 aliphatic heterocycles. The Kier molecular flexibility index (Phi) is 4.69. The number of hydrogen-bond donors (Lipinski definition) is 0. The highest BCUT2D eigenvalue weighted by atomic mass is 19.1. The van der Waals surface area contributed by atoms with Gasteiger partial charge in [0.05, 0.1) is 12.7 Å². The van der Waals surface area contributed by atoms with E-state index in [1.54, 1.807) is 6.92 Å². The lowest BCUT2D eigenvalue weighted by Crippen LogP contribution is -1.61. The second-order valence-electron chi connectivity index (χ2n) is 1.52. The summed E-state index contributed by atoms with van der Waals surface area (Å²) < 4.78 is 22.6. The molecule has 0 radical (unpaired) electrons. The van der Waals surface area contributed by atoms with E-state index in [1.165, 1.54) is 18.2 Å². The molecule has 0 saturated carbocycles. The Morgan fingerprint density at radius 3 is 2.33 bits per heavy atom. The van der Waals surface area contributed by atoms with E-state index < -0.39 is 0 Å². The molecule has 0 aromatic carbocycles. The monoisotopic (exact) mass is 130 g/mol. The maximum Gasteiger partial charge on any atom is 0.0869 e. The third-order valence-electron chi connectivity index (χ3n) is 0.758. The second-order valence-corrected chi connectivity index (χ2v) is 1.52. The van der Waals surface area contributed by atoms with Crippen molar-refractivity contribution in [2.24, 2.45) is 0 Å². The van der Waals surface area contributed by atoms with Gasteiger partial charge in [-0.2, -0.15) is 0 Å². The summed E-state index contributed by atoms with van der Waals surface area (Å²) in [5.41, 5.74) is 0.673. The molecule has 50 valence electrons. The lowest BCUT2D eigenvalue weighted by atomic mass is 10.3. The van der Waals surface area contributed by atoms with E-state index >= 15 is 0 Å². The maximum absolute atomic E-state index is 11.3. The van der Waals surface area contributed by atoms with Crippen LogP contribution in [0.4, 0.5) is 8.78 Å². The van der Waals surface area contributed by atoms with Crippen molar-refractivity contribution in [1.29, 1.82) is 0 Å². The Hall–Kier alpha value is -0.920. The van der Waals surface area contributed by atoms with E-state index in [0.29, 0.717) is 18.2 Å². The van der Waals surface area contributed by atoms with Crippen LogP contribution in [0, 0.1) is 0 Å². The first kappa shape index (κ1) is 8.08. The normalized spacial score (nSPS) is 13.9. The number of hydrogen-bond acceptors (Lipinski definition) is 0. The summed E-state index contributed by atoms with van der Waals surface area (Å²) in [7, 11) is 0. The van der Waals surface area contributed by atoms with E-state index in [1.807, 2.05) is 0 Å². The fraction of sp³-hybridized carbons (Fsp3) is 0.143. The Morgan fingerprint density at radius 1 is 1.22 bits per heavy atom. The van der Waals surface area contributed by atoms with Crippen molar-refractivity contribution in [1.82, 2.24) is 0 Å². The Bertz CT molecular complexity index is 143. The van der Waals surface area contributed by atoms with Crippen LogP contribution in [0.3, 0.4) is 0 Å².